The third-order valence-corrected chi connectivity index (χ3v) is 3.15. The molecule has 0 bridgehead atoms. The van der Waals surface area contributed by atoms with Crippen LogP contribution in [0.5, 0.6) is 5.88 Å². The molecule has 0 saturated carbocycles. The topological polar surface area (TPSA) is 47.5 Å². The number of hydrogen-bond donors (Lipinski definition) is 0. The van der Waals surface area contributed by atoms with Crippen LogP contribution >= 0.6 is 11.6 Å². The Labute approximate surface area is 106 Å². The number of methoxy groups -OCH3 is 1. The highest BCUT2D eigenvalue weighted by Gasteiger charge is 2.26. The fourth-order valence-corrected chi connectivity index (χ4v) is 2.02. The van der Waals surface area contributed by atoms with Crippen molar-refractivity contribution >= 4 is 17.4 Å². The number of aromatic nitrogens is 2. The highest BCUT2D eigenvalue weighted by atomic mass is 35.5. The molecule has 1 aliphatic heterocycles. The van der Waals surface area contributed by atoms with Crippen LogP contribution in [0.15, 0.2) is 12.4 Å². The molecule has 6 heteroatoms. The second-order valence-electron chi connectivity index (χ2n) is 4.03. The summed E-state index contributed by atoms with van der Waals surface area (Å²) < 4.78 is 10.7. The quantitative estimate of drug-likeness (QED) is 0.765. The first-order valence-corrected chi connectivity index (χ1v) is 6.08. The van der Waals surface area contributed by atoms with Gasteiger partial charge >= 0.3 is 0 Å². The Morgan fingerprint density at radius 3 is 3.12 bits per heavy atom. The van der Waals surface area contributed by atoms with Gasteiger partial charge in [-0.05, 0) is 6.92 Å². The van der Waals surface area contributed by atoms with Gasteiger partial charge in [0.2, 0.25) is 5.88 Å². The fraction of sp³-hybridized carbons (Fsp3) is 0.636. The highest BCUT2D eigenvalue weighted by Crippen LogP contribution is 2.22. The molecular weight excluding hydrogens is 242 g/mol. The first-order chi connectivity index (χ1) is 8.24. The van der Waals surface area contributed by atoms with E-state index in [0.717, 1.165) is 12.4 Å². The van der Waals surface area contributed by atoms with E-state index >= 15 is 0 Å². The molecule has 1 aromatic rings. The van der Waals surface area contributed by atoms with Crippen LogP contribution in [-0.4, -0.2) is 48.3 Å². The van der Waals surface area contributed by atoms with Gasteiger partial charge in [-0.2, -0.15) is 0 Å². The number of ether oxygens (including phenoxy) is 2. The lowest BCUT2D eigenvalue weighted by Gasteiger charge is -2.38. The van der Waals surface area contributed by atoms with Gasteiger partial charge in [-0.25, -0.2) is 9.97 Å². The minimum atomic E-state index is 0.0498. The maximum absolute atomic E-state index is 5.83. The van der Waals surface area contributed by atoms with E-state index in [0.29, 0.717) is 18.4 Å². The zero-order valence-electron chi connectivity index (χ0n) is 9.97. The van der Waals surface area contributed by atoms with E-state index in [-0.39, 0.29) is 12.1 Å². The molecule has 5 nitrogen and oxygen atoms in total. The van der Waals surface area contributed by atoms with Crippen molar-refractivity contribution in [3.05, 3.63) is 12.4 Å². The first-order valence-electron chi connectivity index (χ1n) is 5.55. The summed E-state index contributed by atoms with van der Waals surface area (Å²) in [5.41, 5.74) is 0. The van der Waals surface area contributed by atoms with Gasteiger partial charge in [0.05, 0.1) is 31.7 Å². The molecule has 2 heterocycles. The summed E-state index contributed by atoms with van der Waals surface area (Å²) in [6, 6.07) is 2.10. The third-order valence-electron chi connectivity index (χ3n) is 2.81. The normalized spacial score (nSPS) is 24.8. The van der Waals surface area contributed by atoms with E-state index in [2.05, 4.69) is 21.8 Å². The van der Waals surface area contributed by atoms with E-state index in [1.165, 1.54) is 6.33 Å². The molecule has 0 aliphatic carbocycles. The number of halogens is 1. The van der Waals surface area contributed by atoms with Crippen LogP contribution in [0.3, 0.4) is 0 Å². The van der Waals surface area contributed by atoms with Crippen LogP contribution in [0.25, 0.3) is 0 Å². The van der Waals surface area contributed by atoms with Gasteiger partial charge in [-0.3, -0.25) is 0 Å². The van der Waals surface area contributed by atoms with Crippen molar-refractivity contribution in [1.82, 2.24) is 9.97 Å². The van der Waals surface area contributed by atoms with Gasteiger partial charge in [0.15, 0.2) is 0 Å². The second-order valence-corrected chi connectivity index (χ2v) is 4.34. The SMILES string of the molecule is COc1cc(N2CC(CCl)OCC2C)ncn1. The molecule has 2 atom stereocenters. The molecule has 1 fully saturated rings. The summed E-state index contributed by atoms with van der Waals surface area (Å²) in [6.45, 7) is 3.49. The van der Waals surface area contributed by atoms with Crippen LogP contribution in [0.1, 0.15) is 6.92 Å². The lowest BCUT2D eigenvalue weighted by atomic mass is 10.2. The number of alkyl halides is 1. The monoisotopic (exact) mass is 257 g/mol. The lowest BCUT2D eigenvalue weighted by Crippen LogP contribution is -2.49. The van der Waals surface area contributed by atoms with Gasteiger partial charge in [0.25, 0.3) is 0 Å². The van der Waals surface area contributed by atoms with E-state index in [1.54, 1.807) is 7.11 Å². The van der Waals surface area contributed by atoms with E-state index in [9.17, 15) is 0 Å². The Morgan fingerprint density at radius 1 is 1.59 bits per heavy atom. The van der Waals surface area contributed by atoms with Gasteiger partial charge in [-0.1, -0.05) is 0 Å². The average Bonchev–Trinajstić information content (AvgIpc) is 2.39. The summed E-state index contributed by atoms with van der Waals surface area (Å²) >= 11 is 5.83. The Bertz CT molecular complexity index is 377. The van der Waals surface area contributed by atoms with Crippen molar-refractivity contribution in [3.63, 3.8) is 0 Å². The van der Waals surface area contributed by atoms with Crippen LogP contribution in [0.2, 0.25) is 0 Å². The van der Waals surface area contributed by atoms with Gasteiger partial charge < -0.3 is 14.4 Å². The van der Waals surface area contributed by atoms with E-state index in [1.807, 2.05) is 6.07 Å². The molecule has 0 aromatic carbocycles. The summed E-state index contributed by atoms with van der Waals surface area (Å²) in [4.78, 5) is 10.4. The molecule has 0 amide bonds. The van der Waals surface area contributed by atoms with Crippen LogP contribution in [0.4, 0.5) is 5.82 Å². The molecule has 94 valence electrons. The van der Waals surface area contributed by atoms with Crippen LogP contribution in [-0.2, 0) is 4.74 Å². The molecule has 2 rings (SSSR count). The summed E-state index contributed by atoms with van der Waals surface area (Å²) in [5, 5.41) is 0. The predicted molar refractivity (Wildman–Crippen MR) is 65.9 cm³/mol. The maximum atomic E-state index is 5.83. The Balaban J connectivity index is 2.18. The Morgan fingerprint density at radius 2 is 2.41 bits per heavy atom. The van der Waals surface area contributed by atoms with Crippen LogP contribution in [0, 0.1) is 0 Å². The Kier molecular flexibility index (Phi) is 4.02. The summed E-state index contributed by atoms with van der Waals surface area (Å²) in [7, 11) is 1.59. The highest BCUT2D eigenvalue weighted by molar-refractivity contribution is 6.18. The zero-order chi connectivity index (χ0) is 12.3. The van der Waals surface area contributed by atoms with Gasteiger partial charge in [0.1, 0.15) is 12.1 Å². The summed E-state index contributed by atoms with van der Waals surface area (Å²) in [6.07, 6.45) is 1.56. The zero-order valence-corrected chi connectivity index (χ0v) is 10.7. The third kappa shape index (κ3) is 2.79. The van der Waals surface area contributed by atoms with Crippen LogP contribution < -0.4 is 9.64 Å². The van der Waals surface area contributed by atoms with Gasteiger partial charge in [-0.15, -0.1) is 11.6 Å². The molecule has 1 aromatic heterocycles. The molecule has 0 radical (unpaired) electrons. The number of rotatable bonds is 3. The largest absolute Gasteiger partial charge is 0.481 e. The van der Waals surface area contributed by atoms with E-state index in [4.69, 9.17) is 21.1 Å². The smallest absolute Gasteiger partial charge is 0.218 e. The van der Waals surface area contributed by atoms with Crippen molar-refractivity contribution in [2.24, 2.45) is 0 Å². The predicted octanol–water partition coefficient (Wildman–Crippen LogP) is 1.32. The molecule has 1 saturated heterocycles. The first kappa shape index (κ1) is 12.4. The van der Waals surface area contributed by atoms with Crippen molar-refractivity contribution < 1.29 is 9.47 Å². The number of nitrogens with zero attached hydrogens (tertiary/aromatic N) is 3. The molecule has 0 spiro atoms. The standard InChI is InChI=1S/C11H16ClN3O2/c1-8-6-17-9(4-12)5-15(8)10-3-11(16-2)14-7-13-10/h3,7-9H,4-6H2,1-2H3. The van der Waals surface area contributed by atoms with E-state index < -0.39 is 0 Å². The molecule has 0 N–H and O–H groups in total. The molecule has 1 aliphatic rings. The average molecular weight is 258 g/mol. The lowest BCUT2D eigenvalue weighted by molar-refractivity contribution is 0.0361. The maximum Gasteiger partial charge on any atom is 0.218 e. The van der Waals surface area contributed by atoms with Gasteiger partial charge in [0, 0.05) is 12.6 Å². The Hall–Kier alpha value is -1.07. The van der Waals surface area contributed by atoms with Crippen molar-refractivity contribution in [2.45, 2.75) is 19.1 Å². The molecule has 2 unspecified atom stereocenters. The number of morpholine rings is 1. The molecular formula is C11H16ClN3O2. The number of anilines is 1. The minimum absolute atomic E-state index is 0.0498. The summed E-state index contributed by atoms with van der Waals surface area (Å²) in [5.74, 6) is 1.91. The molecule has 17 heavy (non-hydrogen) atoms. The number of hydrogen-bond acceptors (Lipinski definition) is 5. The van der Waals surface area contributed by atoms with Crippen molar-refractivity contribution in [2.75, 3.05) is 31.0 Å². The van der Waals surface area contributed by atoms with Crippen molar-refractivity contribution in [1.29, 1.82) is 0 Å². The fourth-order valence-electron chi connectivity index (χ4n) is 1.83. The second kappa shape index (κ2) is 5.51. The van der Waals surface area contributed by atoms with Crippen molar-refractivity contribution in [3.8, 4) is 5.88 Å². The minimum Gasteiger partial charge on any atom is -0.481 e.